The average Bonchev–Trinajstić information content (AvgIpc) is 3.65. The van der Waals surface area contributed by atoms with Crippen molar-refractivity contribution >= 4 is 71.5 Å². The molecule has 4 N–H and O–H groups in total. The van der Waals surface area contributed by atoms with Crippen LogP contribution in [0.4, 0.5) is 4.79 Å². The minimum atomic E-state index is -2.91. The molecule has 3 atom stereocenters. The second kappa shape index (κ2) is 17.2. The molecule has 2 saturated heterocycles. The monoisotopic (exact) mass is 1020 g/mol. The van der Waals surface area contributed by atoms with Gasteiger partial charge in [0.15, 0.2) is 0 Å². The Morgan fingerprint density at radius 1 is 0.980 bits per heavy atom. The molecule has 3 heterocycles. The molecule has 5 rings (SSSR count). The van der Waals surface area contributed by atoms with Crippen LogP contribution in [0.5, 0.6) is 0 Å². The van der Waals surface area contributed by atoms with Crippen LogP contribution < -0.4 is 37.5 Å². The number of hydrogen-bond acceptors (Lipinski definition) is 8. The van der Waals surface area contributed by atoms with Crippen LogP contribution in [0.3, 0.4) is 0 Å². The van der Waals surface area contributed by atoms with E-state index in [1.807, 2.05) is 27.7 Å². The number of aromatic nitrogens is 2. The number of halogens is 3. The molecule has 2 aliphatic carbocycles. The quantitative estimate of drug-likeness (QED) is 0.0560. The summed E-state index contributed by atoms with van der Waals surface area (Å²) in [5, 5.41) is 5.88. The Kier molecular flexibility index (Phi) is 13.5. The van der Waals surface area contributed by atoms with E-state index in [-0.39, 0.29) is 35.3 Å². The normalized spacial score (nSPS) is 22.8. The van der Waals surface area contributed by atoms with E-state index in [4.69, 9.17) is 0 Å². The van der Waals surface area contributed by atoms with Crippen LogP contribution in [0.15, 0.2) is 18.6 Å². The number of hydrogen-bond donors (Lipinski definition) is 4. The fourth-order valence-corrected chi connectivity index (χ4v) is 23.0. The molecule has 16 heteroatoms. The molecule has 0 bridgehead atoms. The molecule has 1 aromatic heterocycles. The minimum absolute atomic E-state index is 0.0477. The molecule has 0 spiro atoms. The number of nitrogens with zero attached hydrogens (tertiary/aromatic N) is 3. The second-order valence-corrected chi connectivity index (χ2v) is 30.0. The van der Waals surface area contributed by atoms with Crippen molar-refractivity contribution in [3.8, 4) is 0 Å². The molecule has 5 amide bonds. The van der Waals surface area contributed by atoms with Gasteiger partial charge in [-0.05, 0) is 0 Å². The predicted molar refractivity (Wildman–Crippen MR) is 199 cm³/mol. The van der Waals surface area contributed by atoms with Gasteiger partial charge in [-0.15, -0.1) is 0 Å². The third-order valence-electron chi connectivity index (χ3n) is 9.03. The van der Waals surface area contributed by atoms with E-state index in [1.54, 1.807) is 4.90 Å². The third-order valence-corrected chi connectivity index (χ3v) is 26.8. The summed E-state index contributed by atoms with van der Waals surface area (Å²) in [4.78, 5) is 92.0. The third kappa shape index (κ3) is 9.79. The van der Waals surface area contributed by atoms with Gasteiger partial charge in [0, 0.05) is 0 Å². The first-order chi connectivity index (χ1) is 23.4. The van der Waals surface area contributed by atoms with Crippen molar-refractivity contribution in [2.24, 2.45) is 5.41 Å². The molecule has 4 fully saturated rings. The van der Waals surface area contributed by atoms with E-state index >= 15 is 0 Å². The number of nitrogens with one attached hydrogen (secondary N) is 4. The predicted octanol–water partition coefficient (Wildman–Crippen LogP) is 0.793. The van der Waals surface area contributed by atoms with Crippen LogP contribution in [0.1, 0.15) is 102 Å². The first-order valence-electron chi connectivity index (χ1n) is 17.2. The standard InChI is InChI=1S/C33H50I3N7O6/c1-5-15-35(27(44)30(47)39-22-13-14-22)41-29(46)25-23-12-9-16-34(23)20-43(25)31(48)26(33(2,3)4)40-32(49)36(21-10-7-6-8-11-21)42-28(45)24-19-37-17-18-38-24/h17-19,21-23,25-26H,5-16,20H2,1-4H3,(H,39,47)(H,40,49)(H,41,46)(H,42,45)/q-1/t23-,25+,26+/m1/s1. The molecule has 0 unspecified atom stereocenters. The van der Waals surface area contributed by atoms with Gasteiger partial charge >= 0.3 is 314 Å². The molecule has 275 valence electrons. The maximum atomic E-state index is 14.6. The van der Waals surface area contributed by atoms with Gasteiger partial charge in [0.2, 0.25) is 0 Å². The summed E-state index contributed by atoms with van der Waals surface area (Å²) in [7, 11) is 0. The topological polar surface area (TPSA) is 180 Å². The van der Waals surface area contributed by atoms with Crippen LogP contribution >= 0.6 is 40.2 Å². The number of carbonyl (C=O) groups excluding carboxylic acids is 6. The van der Waals surface area contributed by atoms with Crippen molar-refractivity contribution in [2.75, 3.05) is 13.4 Å². The zero-order valence-electron chi connectivity index (χ0n) is 28.7. The van der Waals surface area contributed by atoms with Gasteiger partial charge in [-0.1, -0.05) is 0 Å². The molecule has 4 aliphatic rings. The Bertz CT molecular complexity index is 1400. The summed E-state index contributed by atoms with van der Waals surface area (Å²) in [6.45, 7) is 7.65. The Morgan fingerprint density at radius 2 is 1.71 bits per heavy atom. The van der Waals surface area contributed by atoms with Crippen LogP contribution in [0.2, 0.25) is 0 Å². The maximum absolute atomic E-state index is 14.6. The number of fused-ring (bicyclic) bond motifs is 1. The second-order valence-electron chi connectivity index (χ2n) is 14.0. The fourth-order valence-electron chi connectivity index (χ4n) is 6.33. The Balaban J connectivity index is 1.36. The molecule has 2 saturated carbocycles. The first kappa shape index (κ1) is 38.5. The van der Waals surface area contributed by atoms with Gasteiger partial charge in [0.1, 0.15) is 0 Å². The van der Waals surface area contributed by atoms with Crippen molar-refractivity contribution in [2.45, 2.75) is 118 Å². The number of carbonyl (C=O) groups is 6. The van der Waals surface area contributed by atoms with Crippen LogP contribution in [0, 0.1) is 5.41 Å². The zero-order valence-corrected chi connectivity index (χ0v) is 35.2. The molecule has 1 radical (unpaired) electrons. The van der Waals surface area contributed by atoms with Gasteiger partial charge < -0.3 is 0 Å². The summed E-state index contributed by atoms with van der Waals surface area (Å²) >= 11 is -7.49. The molecular weight excluding hydrogens is 971 g/mol. The van der Waals surface area contributed by atoms with Crippen molar-refractivity contribution in [3.05, 3.63) is 24.3 Å². The number of rotatable bonds is 13. The van der Waals surface area contributed by atoms with E-state index in [9.17, 15) is 28.8 Å². The summed E-state index contributed by atoms with van der Waals surface area (Å²) < 4.78 is 7.60. The van der Waals surface area contributed by atoms with Gasteiger partial charge in [-0.2, -0.15) is 0 Å². The SMILES string of the molecule is CCCI(NC(=O)[C@@H]1[C@H]2CCC[I-]2CN1C(=O)[C@H](NC(=O)I(NC(=O)c1cnccn1)C1CCCCC1)C(C)(C)C)C(=O)C(=O)NC1CC1. The van der Waals surface area contributed by atoms with E-state index in [1.165, 1.54) is 18.6 Å². The van der Waals surface area contributed by atoms with Crippen molar-refractivity contribution in [3.63, 3.8) is 0 Å². The van der Waals surface area contributed by atoms with E-state index in [0.717, 1.165) is 62.2 Å². The summed E-state index contributed by atoms with van der Waals surface area (Å²) in [6, 6.07) is -1.58. The summed E-state index contributed by atoms with van der Waals surface area (Å²) in [6.07, 6.45) is 13.4. The Hall–Kier alpha value is -1.71. The molecule has 49 heavy (non-hydrogen) atoms. The Morgan fingerprint density at radius 3 is 2.35 bits per heavy atom. The molecule has 0 aromatic carbocycles. The van der Waals surface area contributed by atoms with Gasteiger partial charge in [0.25, 0.3) is 0 Å². The Labute approximate surface area is 311 Å². The van der Waals surface area contributed by atoms with Gasteiger partial charge in [-0.3, -0.25) is 0 Å². The summed E-state index contributed by atoms with van der Waals surface area (Å²) in [5.74, 6) is -1.65. The van der Waals surface area contributed by atoms with Crippen molar-refractivity contribution in [1.29, 1.82) is 0 Å². The number of amides is 5. The van der Waals surface area contributed by atoms with Crippen LogP contribution in [-0.2, 0) is 19.2 Å². The molecule has 13 nitrogen and oxygen atoms in total. The molecular formula is C33H50I3N7O6-. The van der Waals surface area contributed by atoms with Gasteiger partial charge in [0.05, 0.1) is 0 Å². The van der Waals surface area contributed by atoms with Gasteiger partial charge in [-0.25, -0.2) is 0 Å². The van der Waals surface area contributed by atoms with E-state index in [2.05, 4.69) is 27.7 Å². The molecule has 2 aliphatic heterocycles. The fraction of sp³-hybridized carbons (Fsp3) is 0.697. The van der Waals surface area contributed by atoms with Crippen LogP contribution in [0.25, 0.3) is 0 Å². The molecule has 1 aromatic rings. The zero-order chi connectivity index (χ0) is 35.3. The number of alkyl halides is 5. The van der Waals surface area contributed by atoms with Crippen molar-refractivity contribution < 1.29 is 48.6 Å². The first-order valence-corrected chi connectivity index (χ1v) is 28.5. The van der Waals surface area contributed by atoms with E-state index < -0.39 is 93.1 Å². The van der Waals surface area contributed by atoms with Crippen LogP contribution in [-0.4, -0.2) is 85.6 Å². The van der Waals surface area contributed by atoms with Crippen molar-refractivity contribution in [1.82, 2.24) is 32.6 Å². The van der Waals surface area contributed by atoms with E-state index in [0.29, 0.717) is 15.4 Å². The summed E-state index contributed by atoms with van der Waals surface area (Å²) in [5.41, 5.74) is -0.538. The average molecular weight is 1020 g/mol.